The van der Waals surface area contributed by atoms with Gasteiger partial charge in [-0.15, -0.1) is 0 Å². The van der Waals surface area contributed by atoms with Gasteiger partial charge in [-0.1, -0.05) is 44.2 Å². The largest absolute Gasteiger partial charge is 0.482 e. The zero-order valence-corrected chi connectivity index (χ0v) is 28.0. The lowest BCUT2D eigenvalue weighted by Crippen LogP contribution is -2.40. The van der Waals surface area contributed by atoms with Crippen molar-refractivity contribution >= 4 is 39.6 Å². The van der Waals surface area contributed by atoms with E-state index in [0.717, 1.165) is 46.5 Å². The molecule has 2 aromatic heterocycles. The molecule has 0 fully saturated rings. The molecule has 0 radical (unpaired) electrons. The van der Waals surface area contributed by atoms with E-state index < -0.39 is 5.97 Å². The van der Waals surface area contributed by atoms with Crippen molar-refractivity contribution in [2.24, 2.45) is 0 Å². The minimum atomic E-state index is -0.418. The van der Waals surface area contributed by atoms with Gasteiger partial charge in [0, 0.05) is 38.6 Å². The molecule has 0 aliphatic carbocycles. The molecule has 0 bridgehead atoms. The second kappa shape index (κ2) is 16.4. The molecule has 0 saturated carbocycles. The normalized spacial score (nSPS) is 11.6. The van der Waals surface area contributed by atoms with Crippen LogP contribution in [0.4, 0.5) is 5.82 Å². The number of nitrogen functional groups attached to an aromatic ring is 1. The number of benzene rings is 2. The van der Waals surface area contributed by atoms with Gasteiger partial charge in [0.2, 0.25) is 5.91 Å². The summed E-state index contributed by atoms with van der Waals surface area (Å²) in [5.74, 6) is 1.51. The van der Waals surface area contributed by atoms with E-state index in [9.17, 15) is 9.59 Å². The number of fused-ring (bicyclic) bond motifs is 3. The number of likely N-dealkylation sites (N-methyl/N-ethyl adjacent to an activating group) is 1. The van der Waals surface area contributed by atoms with E-state index in [4.69, 9.17) is 24.9 Å². The van der Waals surface area contributed by atoms with Crippen molar-refractivity contribution in [3.8, 4) is 5.75 Å². The smallest absolute Gasteiger partial charge is 0.344 e. The molecule has 46 heavy (non-hydrogen) atoms. The van der Waals surface area contributed by atoms with Gasteiger partial charge in [0.05, 0.1) is 30.3 Å². The number of hydrogen-bond acceptors (Lipinski definition) is 9. The van der Waals surface area contributed by atoms with Crippen molar-refractivity contribution in [3.63, 3.8) is 0 Å². The number of aryl methyl sites for hydroxylation is 2. The molecule has 4 rings (SSSR count). The number of aromatic nitrogens is 3. The monoisotopic (exact) mass is 632 g/mol. The minimum Gasteiger partial charge on any atom is -0.482 e. The summed E-state index contributed by atoms with van der Waals surface area (Å²) < 4.78 is 18.6. The molecule has 11 heteroatoms. The average Bonchev–Trinajstić information content (AvgIpc) is 3.40. The van der Waals surface area contributed by atoms with Gasteiger partial charge in [-0.05, 0) is 63.5 Å². The summed E-state index contributed by atoms with van der Waals surface area (Å²) >= 11 is 0. The number of carbonyl (C=O) groups excluding carboxylic acids is 2. The topological polar surface area (TPSA) is 125 Å². The minimum absolute atomic E-state index is 0.0567. The molecule has 2 heterocycles. The SMILES string of the molecule is CCN(CC)CC(=O)N(CCCn1c(CCOC)nc2c(N)nc3ccccc3c21)Cc1ccc(C)c(OCC(=O)OC(C)C)c1. The van der Waals surface area contributed by atoms with Crippen molar-refractivity contribution < 1.29 is 23.8 Å². The quantitative estimate of drug-likeness (QED) is 0.164. The molecule has 2 aromatic carbocycles. The summed E-state index contributed by atoms with van der Waals surface area (Å²) in [7, 11) is 1.68. The Bertz CT molecular complexity index is 1630. The van der Waals surface area contributed by atoms with Crippen molar-refractivity contribution in [1.82, 2.24) is 24.3 Å². The van der Waals surface area contributed by atoms with Gasteiger partial charge in [-0.3, -0.25) is 9.69 Å². The first kappa shape index (κ1) is 34.6. The Kier molecular flexibility index (Phi) is 12.3. The number of ether oxygens (including phenoxy) is 3. The van der Waals surface area contributed by atoms with Gasteiger partial charge in [-0.25, -0.2) is 14.8 Å². The third-order valence-corrected chi connectivity index (χ3v) is 7.97. The van der Waals surface area contributed by atoms with E-state index in [1.807, 2.05) is 54.3 Å². The van der Waals surface area contributed by atoms with Crippen LogP contribution in [0.15, 0.2) is 42.5 Å². The van der Waals surface area contributed by atoms with Crippen LogP contribution in [0.2, 0.25) is 0 Å². The molecule has 0 aliphatic rings. The average molecular weight is 633 g/mol. The van der Waals surface area contributed by atoms with Gasteiger partial charge < -0.3 is 29.4 Å². The molecular formula is C35H48N6O5. The molecule has 2 N–H and O–H groups in total. The highest BCUT2D eigenvalue weighted by Gasteiger charge is 2.20. The van der Waals surface area contributed by atoms with E-state index in [1.165, 1.54) is 0 Å². The zero-order chi connectivity index (χ0) is 33.2. The maximum absolute atomic E-state index is 13.7. The van der Waals surface area contributed by atoms with Gasteiger partial charge >= 0.3 is 5.97 Å². The third kappa shape index (κ3) is 8.73. The number of anilines is 1. The van der Waals surface area contributed by atoms with Crippen LogP contribution in [0.1, 0.15) is 51.1 Å². The molecule has 248 valence electrons. The van der Waals surface area contributed by atoms with Gasteiger partial charge in [0.25, 0.3) is 0 Å². The first-order valence-corrected chi connectivity index (χ1v) is 16.1. The van der Waals surface area contributed by atoms with Crippen LogP contribution < -0.4 is 10.5 Å². The number of methoxy groups -OCH3 is 1. The Balaban J connectivity index is 1.58. The summed E-state index contributed by atoms with van der Waals surface area (Å²) in [6.45, 7) is 13.5. The Morgan fingerprint density at radius 1 is 1.07 bits per heavy atom. The Hall–Kier alpha value is -4.22. The fraction of sp³-hybridized carbons (Fsp3) is 0.486. The van der Waals surface area contributed by atoms with E-state index in [2.05, 4.69) is 28.3 Å². The van der Waals surface area contributed by atoms with Crippen molar-refractivity contribution in [2.45, 2.75) is 66.7 Å². The zero-order valence-electron chi connectivity index (χ0n) is 28.0. The maximum atomic E-state index is 13.7. The Labute approximate surface area is 271 Å². The highest BCUT2D eigenvalue weighted by molar-refractivity contribution is 6.06. The van der Waals surface area contributed by atoms with Crippen LogP contribution in [-0.4, -0.2) is 88.8 Å². The predicted molar refractivity (Wildman–Crippen MR) is 181 cm³/mol. The predicted octanol–water partition coefficient (Wildman–Crippen LogP) is 4.76. The number of hydrogen-bond donors (Lipinski definition) is 1. The lowest BCUT2D eigenvalue weighted by Gasteiger charge is -2.27. The maximum Gasteiger partial charge on any atom is 0.344 e. The standard InChI is InChI=1S/C35H48N6O5/c1-7-39(8-2)22-31(42)40(21-26-15-14-25(5)29(20-26)45-23-32(43)46-24(3)4)17-11-18-41-30(16-19-44-6)38-33-34(41)27-12-9-10-13-28(27)37-35(33)36/h9-10,12-15,20,24H,7-8,11,16-19,21-23H2,1-6H3,(H2,36,37). The Morgan fingerprint density at radius 2 is 1.83 bits per heavy atom. The van der Waals surface area contributed by atoms with Crippen LogP contribution in [0.5, 0.6) is 5.75 Å². The number of pyridine rings is 1. The van der Waals surface area contributed by atoms with Crippen LogP contribution in [0.3, 0.4) is 0 Å². The third-order valence-electron chi connectivity index (χ3n) is 7.97. The van der Waals surface area contributed by atoms with Crippen molar-refractivity contribution in [2.75, 3.05) is 52.2 Å². The van der Waals surface area contributed by atoms with Crippen molar-refractivity contribution in [1.29, 1.82) is 0 Å². The number of nitrogens with two attached hydrogens (primary N) is 1. The number of para-hydroxylation sites is 1. The van der Waals surface area contributed by atoms with E-state index in [1.54, 1.807) is 21.0 Å². The van der Waals surface area contributed by atoms with E-state index >= 15 is 0 Å². The first-order valence-electron chi connectivity index (χ1n) is 16.1. The number of carbonyl (C=O) groups is 2. The number of rotatable bonds is 17. The second-order valence-electron chi connectivity index (χ2n) is 11.7. The number of nitrogens with zero attached hydrogens (tertiary/aromatic N) is 5. The second-order valence-corrected chi connectivity index (χ2v) is 11.7. The lowest BCUT2D eigenvalue weighted by molar-refractivity contribution is -0.149. The number of amides is 1. The molecular weight excluding hydrogens is 584 g/mol. The van der Waals surface area contributed by atoms with E-state index in [0.29, 0.717) is 62.7 Å². The molecule has 1 amide bonds. The molecule has 0 atom stereocenters. The fourth-order valence-electron chi connectivity index (χ4n) is 5.53. The molecule has 0 saturated heterocycles. The molecule has 0 unspecified atom stereocenters. The molecule has 0 spiro atoms. The van der Waals surface area contributed by atoms with Crippen LogP contribution >= 0.6 is 0 Å². The number of esters is 1. The summed E-state index contributed by atoms with van der Waals surface area (Å²) in [5, 5.41) is 0.988. The highest BCUT2D eigenvalue weighted by atomic mass is 16.6. The fourth-order valence-corrected chi connectivity index (χ4v) is 5.53. The summed E-state index contributed by atoms with van der Waals surface area (Å²) in [6.07, 6.45) is 1.11. The first-order chi connectivity index (χ1) is 22.1. The Morgan fingerprint density at radius 3 is 2.54 bits per heavy atom. The number of imidazole rings is 1. The van der Waals surface area contributed by atoms with E-state index in [-0.39, 0.29) is 18.6 Å². The highest BCUT2D eigenvalue weighted by Crippen LogP contribution is 2.29. The molecule has 0 aliphatic heterocycles. The van der Waals surface area contributed by atoms with Gasteiger partial charge in [-0.2, -0.15) is 0 Å². The van der Waals surface area contributed by atoms with Crippen molar-refractivity contribution in [3.05, 3.63) is 59.4 Å². The summed E-state index contributed by atoms with van der Waals surface area (Å²) in [5.41, 5.74) is 10.7. The molecule has 4 aromatic rings. The van der Waals surface area contributed by atoms with Crippen LogP contribution in [-0.2, 0) is 38.6 Å². The molecule has 11 nitrogen and oxygen atoms in total. The van der Waals surface area contributed by atoms with Gasteiger partial charge in [0.15, 0.2) is 12.4 Å². The van der Waals surface area contributed by atoms with Crippen LogP contribution in [0.25, 0.3) is 21.9 Å². The van der Waals surface area contributed by atoms with Gasteiger partial charge in [0.1, 0.15) is 17.1 Å². The summed E-state index contributed by atoms with van der Waals surface area (Å²) in [4.78, 5) is 39.3. The summed E-state index contributed by atoms with van der Waals surface area (Å²) in [6, 6.07) is 13.8. The van der Waals surface area contributed by atoms with Crippen LogP contribution in [0, 0.1) is 6.92 Å². The lowest BCUT2D eigenvalue weighted by atomic mass is 10.1.